The number of halogens is 1. The highest BCUT2D eigenvalue weighted by atomic mass is 19.1. The van der Waals surface area contributed by atoms with Gasteiger partial charge in [-0.15, -0.1) is 0 Å². The zero-order chi connectivity index (χ0) is 14.5. The Morgan fingerprint density at radius 2 is 2.25 bits per heavy atom. The summed E-state index contributed by atoms with van der Waals surface area (Å²) in [5.41, 5.74) is 5.89. The first kappa shape index (κ1) is 14.2. The number of hydrogen-bond acceptors (Lipinski definition) is 4. The number of benzene rings is 1. The average molecular weight is 276 g/mol. The van der Waals surface area contributed by atoms with E-state index in [2.05, 4.69) is 4.98 Å². The van der Waals surface area contributed by atoms with Gasteiger partial charge in [-0.05, 0) is 31.2 Å². The van der Waals surface area contributed by atoms with Crippen LogP contribution in [0, 0.1) is 5.82 Å². The maximum Gasteiger partial charge on any atom is 0.293 e. The normalized spacial score (nSPS) is 10.6. The molecule has 20 heavy (non-hydrogen) atoms. The molecule has 0 amide bonds. The van der Waals surface area contributed by atoms with Gasteiger partial charge >= 0.3 is 0 Å². The van der Waals surface area contributed by atoms with Gasteiger partial charge in [0.25, 0.3) is 5.56 Å². The summed E-state index contributed by atoms with van der Waals surface area (Å²) in [7, 11) is 1.65. The molecule has 0 aliphatic rings. The maximum atomic E-state index is 13.4. The minimum absolute atomic E-state index is 0.228. The summed E-state index contributed by atoms with van der Waals surface area (Å²) in [6.45, 7) is 0.991. The van der Waals surface area contributed by atoms with Gasteiger partial charge in [-0.25, -0.2) is 9.37 Å². The fourth-order valence-electron chi connectivity index (χ4n) is 1.92. The molecule has 0 aliphatic heterocycles. The molecule has 0 aliphatic carbocycles. The van der Waals surface area contributed by atoms with Crippen molar-refractivity contribution in [3.8, 4) is 0 Å². The van der Waals surface area contributed by atoms with Crippen molar-refractivity contribution in [2.45, 2.75) is 6.42 Å². The molecule has 0 bridgehead atoms. The molecule has 106 valence electrons. The van der Waals surface area contributed by atoms with Crippen LogP contribution in [0.15, 0.2) is 41.5 Å². The van der Waals surface area contributed by atoms with Gasteiger partial charge in [-0.3, -0.25) is 4.79 Å². The van der Waals surface area contributed by atoms with Crippen LogP contribution >= 0.6 is 0 Å². The Balaban J connectivity index is 2.47. The van der Waals surface area contributed by atoms with E-state index in [1.807, 2.05) is 0 Å². The lowest BCUT2D eigenvalue weighted by Gasteiger charge is -2.23. The van der Waals surface area contributed by atoms with Gasteiger partial charge in [-0.2, -0.15) is 0 Å². The van der Waals surface area contributed by atoms with Crippen molar-refractivity contribution in [3.63, 3.8) is 0 Å². The fraction of sp³-hybridized carbons (Fsp3) is 0.286. The summed E-state index contributed by atoms with van der Waals surface area (Å²) in [4.78, 5) is 18.0. The maximum absolute atomic E-state index is 13.4. The predicted octanol–water partition coefficient (Wildman–Crippen LogP) is 1.41. The molecule has 1 aromatic heterocycles. The van der Waals surface area contributed by atoms with E-state index in [0.29, 0.717) is 25.2 Å². The Hall–Kier alpha value is -2.21. The topological polar surface area (TPSA) is 64.2 Å². The lowest BCUT2D eigenvalue weighted by molar-refractivity contribution is 0.627. The molecular formula is C14H17FN4O. The molecule has 2 N–H and O–H groups in total. The Kier molecular flexibility index (Phi) is 4.47. The van der Waals surface area contributed by atoms with Crippen LogP contribution in [0.25, 0.3) is 0 Å². The Morgan fingerprint density at radius 3 is 2.95 bits per heavy atom. The SMILES string of the molecule is Cn1ccnc(N(CCCN)c2cccc(F)c2)c1=O. The van der Waals surface area contributed by atoms with E-state index in [-0.39, 0.29) is 17.2 Å². The van der Waals surface area contributed by atoms with Crippen molar-refractivity contribution < 1.29 is 4.39 Å². The minimum Gasteiger partial charge on any atom is -0.330 e. The monoisotopic (exact) mass is 276 g/mol. The van der Waals surface area contributed by atoms with Crippen molar-refractivity contribution in [3.05, 3.63) is 52.8 Å². The Bertz CT molecular complexity index is 641. The molecule has 0 unspecified atom stereocenters. The predicted molar refractivity (Wildman–Crippen MR) is 76.6 cm³/mol. The number of anilines is 2. The van der Waals surface area contributed by atoms with E-state index >= 15 is 0 Å². The van der Waals surface area contributed by atoms with E-state index in [1.165, 1.54) is 16.7 Å². The van der Waals surface area contributed by atoms with Crippen LogP contribution < -0.4 is 16.2 Å². The quantitative estimate of drug-likeness (QED) is 0.896. The minimum atomic E-state index is -0.354. The van der Waals surface area contributed by atoms with Crippen LogP contribution in [0.4, 0.5) is 15.9 Å². The third kappa shape index (κ3) is 3.03. The summed E-state index contributed by atoms with van der Waals surface area (Å²) < 4.78 is 14.8. The molecule has 2 aromatic rings. The van der Waals surface area contributed by atoms with Crippen molar-refractivity contribution in [2.75, 3.05) is 18.0 Å². The lowest BCUT2D eigenvalue weighted by atomic mass is 10.2. The molecule has 1 heterocycles. The van der Waals surface area contributed by atoms with Crippen molar-refractivity contribution >= 4 is 11.5 Å². The molecule has 0 spiro atoms. The molecule has 2 rings (SSSR count). The summed E-state index contributed by atoms with van der Waals surface area (Å²) in [5.74, 6) is -0.0814. The second-order valence-electron chi connectivity index (χ2n) is 4.44. The highest BCUT2D eigenvalue weighted by molar-refractivity contribution is 5.59. The molecule has 5 nitrogen and oxygen atoms in total. The van der Waals surface area contributed by atoms with Gasteiger partial charge in [0, 0.05) is 31.7 Å². The highest BCUT2D eigenvalue weighted by Gasteiger charge is 2.15. The Morgan fingerprint density at radius 1 is 1.45 bits per heavy atom. The van der Waals surface area contributed by atoms with Crippen molar-refractivity contribution in [1.82, 2.24) is 9.55 Å². The number of aryl methyl sites for hydroxylation is 1. The number of aromatic nitrogens is 2. The summed E-state index contributed by atoms with van der Waals surface area (Å²) in [5, 5.41) is 0. The Labute approximate surface area is 116 Å². The van der Waals surface area contributed by atoms with Crippen LogP contribution in [0.3, 0.4) is 0 Å². The largest absolute Gasteiger partial charge is 0.330 e. The van der Waals surface area contributed by atoms with Crippen molar-refractivity contribution in [1.29, 1.82) is 0 Å². The van der Waals surface area contributed by atoms with Crippen LogP contribution in [0.1, 0.15) is 6.42 Å². The van der Waals surface area contributed by atoms with E-state index in [1.54, 1.807) is 36.5 Å². The van der Waals surface area contributed by atoms with Crippen LogP contribution in [-0.4, -0.2) is 22.6 Å². The van der Waals surface area contributed by atoms with Gasteiger partial charge < -0.3 is 15.2 Å². The molecule has 0 saturated carbocycles. The third-order valence-corrected chi connectivity index (χ3v) is 2.96. The summed E-state index contributed by atoms with van der Waals surface area (Å²) >= 11 is 0. The van der Waals surface area contributed by atoms with Gasteiger partial charge in [0.15, 0.2) is 5.82 Å². The number of nitrogens with zero attached hydrogens (tertiary/aromatic N) is 3. The van der Waals surface area contributed by atoms with E-state index in [9.17, 15) is 9.18 Å². The van der Waals surface area contributed by atoms with E-state index in [0.717, 1.165) is 0 Å². The van der Waals surface area contributed by atoms with Gasteiger partial charge in [-0.1, -0.05) is 6.07 Å². The first-order valence-electron chi connectivity index (χ1n) is 6.38. The van der Waals surface area contributed by atoms with Crippen molar-refractivity contribution in [2.24, 2.45) is 12.8 Å². The second-order valence-corrected chi connectivity index (χ2v) is 4.44. The molecule has 6 heteroatoms. The first-order chi connectivity index (χ1) is 9.63. The van der Waals surface area contributed by atoms with Crippen LogP contribution in [-0.2, 0) is 7.05 Å². The molecule has 0 saturated heterocycles. The highest BCUT2D eigenvalue weighted by Crippen LogP contribution is 2.21. The van der Waals surface area contributed by atoms with E-state index < -0.39 is 0 Å². The number of rotatable bonds is 5. The van der Waals surface area contributed by atoms with Crippen LogP contribution in [0.5, 0.6) is 0 Å². The smallest absolute Gasteiger partial charge is 0.293 e. The standard InChI is InChI=1S/C14H17FN4O/c1-18-9-7-17-13(14(18)20)19(8-3-6-16)12-5-2-4-11(15)10-12/h2,4-5,7,9-10H,3,6,8,16H2,1H3. The summed E-state index contributed by atoms with van der Waals surface area (Å²) in [6.07, 6.45) is 3.81. The molecule has 0 atom stereocenters. The lowest BCUT2D eigenvalue weighted by Crippen LogP contribution is -2.30. The number of nitrogens with two attached hydrogens (primary N) is 1. The molecule has 1 aromatic carbocycles. The number of hydrogen-bond donors (Lipinski definition) is 1. The van der Waals surface area contributed by atoms with Gasteiger partial charge in [0.05, 0.1) is 0 Å². The zero-order valence-electron chi connectivity index (χ0n) is 11.3. The molecular weight excluding hydrogens is 259 g/mol. The molecule has 0 radical (unpaired) electrons. The second kappa shape index (κ2) is 6.29. The van der Waals surface area contributed by atoms with E-state index in [4.69, 9.17) is 5.73 Å². The summed E-state index contributed by atoms with van der Waals surface area (Å²) in [6, 6.07) is 6.09. The zero-order valence-corrected chi connectivity index (χ0v) is 11.3. The molecule has 0 fully saturated rings. The fourth-order valence-corrected chi connectivity index (χ4v) is 1.92. The van der Waals surface area contributed by atoms with Gasteiger partial charge in [0.2, 0.25) is 0 Å². The average Bonchev–Trinajstić information content (AvgIpc) is 2.44. The van der Waals surface area contributed by atoms with Crippen LogP contribution in [0.2, 0.25) is 0 Å². The third-order valence-electron chi connectivity index (χ3n) is 2.96. The van der Waals surface area contributed by atoms with Gasteiger partial charge in [0.1, 0.15) is 5.82 Å². The first-order valence-corrected chi connectivity index (χ1v) is 6.38.